The number of hydrogen-bond acceptors (Lipinski definition) is 6. The normalized spacial score (nSPS) is 18.9. The number of benzene rings is 2. The van der Waals surface area contributed by atoms with Crippen molar-refractivity contribution in [3.63, 3.8) is 0 Å². The predicted molar refractivity (Wildman–Crippen MR) is 165 cm³/mol. The van der Waals surface area contributed by atoms with Crippen LogP contribution in [0.1, 0.15) is 75.4 Å². The van der Waals surface area contributed by atoms with Crippen molar-refractivity contribution in [2.45, 2.75) is 79.9 Å². The minimum absolute atomic E-state index is 0.0412. The summed E-state index contributed by atoms with van der Waals surface area (Å²) in [6, 6.07) is 13.7. The molecule has 9 heteroatoms. The van der Waals surface area contributed by atoms with Crippen molar-refractivity contribution in [3.8, 4) is 11.3 Å². The van der Waals surface area contributed by atoms with E-state index in [1.54, 1.807) is 35.6 Å². The van der Waals surface area contributed by atoms with E-state index in [9.17, 15) is 13.2 Å². The molecule has 1 N–H and O–H groups in total. The molecule has 40 heavy (non-hydrogen) atoms. The van der Waals surface area contributed by atoms with Gasteiger partial charge in [-0.1, -0.05) is 52.0 Å². The molecule has 0 bridgehead atoms. The van der Waals surface area contributed by atoms with E-state index < -0.39 is 10.0 Å². The summed E-state index contributed by atoms with van der Waals surface area (Å²) >= 11 is 3.01. The van der Waals surface area contributed by atoms with Gasteiger partial charge in [-0.15, -0.1) is 23.1 Å². The molecule has 2 heterocycles. The fraction of sp³-hybridized carbons (Fsp3) is 0.484. The lowest BCUT2D eigenvalue weighted by Gasteiger charge is -2.42. The predicted octanol–water partition coefficient (Wildman–Crippen LogP) is 6.57. The Kier molecular flexibility index (Phi) is 8.23. The molecule has 214 valence electrons. The quantitative estimate of drug-likeness (QED) is 0.312. The Balaban J connectivity index is 1.21. The van der Waals surface area contributed by atoms with Gasteiger partial charge < -0.3 is 4.90 Å². The van der Waals surface area contributed by atoms with E-state index in [1.165, 1.54) is 48.3 Å². The number of carbonyl (C=O) groups is 1. The molecular formula is C31H39N3O3S3. The number of piperidine rings is 1. The largest absolute Gasteiger partial charge is 0.342 e. The topological polar surface area (TPSA) is 79.4 Å². The van der Waals surface area contributed by atoms with E-state index in [0.717, 1.165) is 23.5 Å². The van der Waals surface area contributed by atoms with Gasteiger partial charge in [0.1, 0.15) is 0 Å². The maximum Gasteiger partial charge on any atom is 0.241 e. The number of fused-ring (bicyclic) bond motifs is 1. The summed E-state index contributed by atoms with van der Waals surface area (Å²) in [6.07, 6.45) is 4.17. The fourth-order valence-electron chi connectivity index (χ4n) is 5.86. The van der Waals surface area contributed by atoms with Crippen molar-refractivity contribution in [3.05, 3.63) is 64.0 Å². The molecule has 0 saturated carbocycles. The number of likely N-dealkylation sites (tertiary alicyclic amines) is 1. The number of amides is 1. The number of sulfonamides is 1. The molecule has 1 fully saturated rings. The van der Waals surface area contributed by atoms with Gasteiger partial charge in [0.25, 0.3) is 0 Å². The van der Waals surface area contributed by atoms with Crippen LogP contribution in [0.4, 0.5) is 0 Å². The third-order valence-electron chi connectivity index (χ3n) is 8.63. The number of thioether (sulfide) groups is 1. The van der Waals surface area contributed by atoms with E-state index in [2.05, 4.69) is 56.0 Å². The van der Waals surface area contributed by atoms with Gasteiger partial charge in [0.2, 0.25) is 15.9 Å². The van der Waals surface area contributed by atoms with Crippen LogP contribution in [0.5, 0.6) is 0 Å². The smallest absolute Gasteiger partial charge is 0.241 e. The minimum Gasteiger partial charge on any atom is -0.342 e. The molecule has 0 radical (unpaired) electrons. The van der Waals surface area contributed by atoms with Crippen molar-refractivity contribution in [2.75, 3.05) is 25.9 Å². The summed E-state index contributed by atoms with van der Waals surface area (Å²) in [7, 11) is -2.18. The highest BCUT2D eigenvalue weighted by Crippen LogP contribution is 2.47. The van der Waals surface area contributed by atoms with Gasteiger partial charge in [-0.2, -0.15) is 0 Å². The Labute approximate surface area is 247 Å². The van der Waals surface area contributed by atoms with Crippen molar-refractivity contribution >= 4 is 39.0 Å². The maximum atomic E-state index is 13.0. The molecule has 6 nitrogen and oxygen atoms in total. The first-order valence-electron chi connectivity index (χ1n) is 14.0. The van der Waals surface area contributed by atoms with Crippen molar-refractivity contribution < 1.29 is 13.2 Å². The number of nitrogens with zero attached hydrogens (tertiary/aromatic N) is 2. The van der Waals surface area contributed by atoms with Crippen LogP contribution >= 0.6 is 23.1 Å². The van der Waals surface area contributed by atoms with Crippen molar-refractivity contribution in [1.82, 2.24) is 14.6 Å². The Morgan fingerprint density at radius 3 is 2.42 bits per heavy atom. The monoisotopic (exact) mass is 597 g/mol. The summed E-state index contributed by atoms with van der Waals surface area (Å²) in [5, 5.41) is 3.34. The molecule has 2 aliphatic rings. The number of hydrogen-bond donors (Lipinski definition) is 1. The summed E-state index contributed by atoms with van der Waals surface area (Å²) in [5.41, 5.74) is 5.52. The molecule has 5 rings (SSSR count). The van der Waals surface area contributed by atoms with Gasteiger partial charge in [-0.05, 0) is 72.9 Å². The Hall–Kier alpha value is -2.20. The molecule has 1 saturated heterocycles. The summed E-state index contributed by atoms with van der Waals surface area (Å²) in [5.74, 6) is 0.609. The Bertz CT molecular complexity index is 1500. The third kappa shape index (κ3) is 5.89. The zero-order chi connectivity index (χ0) is 28.7. The second kappa shape index (κ2) is 11.2. The molecule has 1 amide bonds. The number of carbonyl (C=O) groups excluding carboxylic acids is 1. The molecule has 1 aliphatic heterocycles. The van der Waals surface area contributed by atoms with E-state index in [-0.39, 0.29) is 27.4 Å². The molecule has 0 unspecified atom stereocenters. The number of thiazole rings is 1. The SMILES string of the molecule is CNS(=O)(=O)c1ccccc1SCC(=O)N1CCC(c2nc(-c3ccc4c(c3)C(C)(C)CCC4(C)C)cs2)CC1. The average Bonchev–Trinajstić information content (AvgIpc) is 3.45. The van der Waals surface area contributed by atoms with Crippen LogP contribution in [-0.4, -0.2) is 50.1 Å². The highest BCUT2D eigenvalue weighted by Gasteiger charge is 2.37. The van der Waals surface area contributed by atoms with Gasteiger partial charge in [0.05, 0.1) is 21.3 Å². The van der Waals surface area contributed by atoms with E-state index in [1.807, 2.05) is 4.90 Å². The lowest BCUT2D eigenvalue weighted by molar-refractivity contribution is -0.129. The van der Waals surface area contributed by atoms with Crippen LogP contribution in [0.2, 0.25) is 0 Å². The second-order valence-electron chi connectivity index (χ2n) is 12.2. The molecule has 3 aromatic rings. The van der Waals surface area contributed by atoms with Gasteiger partial charge in [-0.25, -0.2) is 18.1 Å². The lowest BCUT2D eigenvalue weighted by atomic mass is 9.63. The van der Waals surface area contributed by atoms with Crippen LogP contribution in [-0.2, 0) is 25.6 Å². The first-order chi connectivity index (χ1) is 18.9. The Morgan fingerprint density at radius 1 is 1.05 bits per heavy atom. The average molecular weight is 598 g/mol. The Morgan fingerprint density at radius 2 is 1.73 bits per heavy atom. The zero-order valence-corrected chi connectivity index (χ0v) is 26.4. The van der Waals surface area contributed by atoms with Crippen LogP contribution in [0.15, 0.2) is 57.6 Å². The molecule has 1 aromatic heterocycles. The zero-order valence-electron chi connectivity index (χ0n) is 24.0. The first kappa shape index (κ1) is 29.3. The highest BCUT2D eigenvalue weighted by molar-refractivity contribution is 8.00. The standard InChI is InChI=1S/C31H39N3O3S3/c1-30(2)14-15-31(3,4)24-18-22(10-11-23(24)30)25-19-39-29(33-25)21-12-16-34(17-13-21)28(35)20-38-26-8-6-7-9-27(26)40(36,37)32-5/h6-11,18-19,21,32H,12-17,20H2,1-5H3. The number of nitrogens with one attached hydrogen (secondary N) is 1. The van der Waals surface area contributed by atoms with Crippen molar-refractivity contribution in [2.24, 2.45) is 0 Å². The van der Waals surface area contributed by atoms with Gasteiger partial charge in [-0.3, -0.25) is 4.79 Å². The van der Waals surface area contributed by atoms with Crippen LogP contribution in [0.25, 0.3) is 11.3 Å². The van der Waals surface area contributed by atoms with Gasteiger partial charge in [0.15, 0.2) is 0 Å². The molecule has 1 aliphatic carbocycles. The third-order valence-corrected chi connectivity index (χ3v) is 12.3. The molecular weight excluding hydrogens is 559 g/mol. The van der Waals surface area contributed by atoms with Gasteiger partial charge in [0, 0.05) is 34.8 Å². The number of aromatic nitrogens is 1. The molecule has 2 aromatic carbocycles. The van der Waals surface area contributed by atoms with E-state index in [0.29, 0.717) is 23.9 Å². The molecule has 0 spiro atoms. The number of rotatable bonds is 7. The first-order valence-corrected chi connectivity index (χ1v) is 17.3. The van der Waals surface area contributed by atoms with E-state index >= 15 is 0 Å². The van der Waals surface area contributed by atoms with Crippen molar-refractivity contribution in [1.29, 1.82) is 0 Å². The van der Waals surface area contributed by atoms with Gasteiger partial charge >= 0.3 is 0 Å². The van der Waals surface area contributed by atoms with E-state index in [4.69, 9.17) is 4.98 Å². The minimum atomic E-state index is -3.58. The lowest BCUT2D eigenvalue weighted by Crippen LogP contribution is -2.38. The second-order valence-corrected chi connectivity index (χ2v) is 16.0. The van der Waals surface area contributed by atoms with Crippen LogP contribution < -0.4 is 4.72 Å². The van der Waals surface area contributed by atoms with Crippen LogP contribution in [0.3, 0.4) is 0 Å². The van der Waals surface area contributed by atoms with Crippen LogP contribution in [0, 0.1) is 0 Å². The fourth-order valence-corrected chi connectivity index (χ4v) is 9.03. The summed E-state index contributed by atoms with van der Waals surface area (Å²) in [4.78, 5) is 20.7. The highest BCUT2D eigenvalue weighted by atomic mass is 32.2. The molecule has 0 atom stereocenters. The summed E-state index contributed by atoms with van der Waals surface area (Å²) < 4.78 is 27.0. The maximum absolute atomic E-state index is 13.0. The summed E-state index contributed by atoms with van der Waals surface area (Å²) in [6.45, 7) is 10.8.